The van der Waals surface area contributed by atoms with Crippen molar-refractivity contribution in [1.29, 1.82) is 0 Å². The Hall–Kier alpha value is -1.94. The second-order valence-electron chi connectivity index (χ2n) is 4.54. The van der Waals surface area contributed by atoms with Crippen LogP contribution < -0.4 is 0 Å². The number of rotatable bonds is 2. The molecule has 0 N–H and O–H groups in total. The van der Waals surface area contributed by atoms with Crippen LogP contribution in [0.25, 0.3) is 0 Å². The molecule has 0 aromatic heterocycles. The van der Waals surface area contributed by atoms with Crippen LogP contribution in [0, 0.1) is 0 Å². The molecule has 1 aliphatic heterocycles. The zero-order valence-corrected chi connectivity index (χ0v) is 12.7. The van der Waals surface area contributed by atoms with Crippen LogP contribution in [-0.2, 0) is 0 Å². The molecule has 1 unspecified atom stereocenters. The van der Waals surface area contributed by atoms with Gasteiger partial charge >= 0.3 is 0 Å². The monoisotopic (exact) mass is 327 g/mol. The molecule has 4 heteroatoms. The Labute approximate surface area is 126 Å². The van der Waals surface area contributed by atoms with Crippen molar-refractivity contribution in [3.63, 3.8) is 0 Å². The van der Waals surface area contributed by atoms with Gasteiger partial charge in [-0.05, 0) is 15.9 Å². The lowest BCUT2D eigenvalue weighted by Gasteiger charge is -2.28. The predicted octanol–water partition coefficient (Wildman–Crippen LogP) is 3.50. The maximum Gasteiger partial charge on any atom is 0.181 e. The summed E-state index contributed by atoms with van der Waals surface area (Å²) in [6, 6.07) is 20.2. The van der Waals surface area contributed by atoms with Crippen molar-refractivity contribution >= 4 is 27.6 Å². The molecule has 1 aliphatic rings. The van der Waals surface area contributed by atoms with Crippen molar-refractivity contribution in [3.8, 4) is 0 Å². The minimum absolute atomic E-state index is 0.106. The van der Waals surface area contributed by atoms with Crippen LogP contribution in [0.15, 0.2) is 70.6 Å². The van der Waals surface area contributed by atoms with Gasteiger partial charge in [-0.3, -0.25) is 0 Å². The van der Waals surface area contributed by atoms with Gasteiger partial charge in [0.1, 0.15) is 5.84 Å². The highest BCUT2D eigenvalue weighted by atomic mass is 79.9. The van der Waals surface area contributed by atoms with Gasteiger partial charge in [0.2, 0.25) is 0 Å². The number of hydrogen-bond donors (Lipinski definition) is 0. The first kappa shape index (κ1) is 13.1. The van der Waals surface area contributed by atoms with E-state index in [0.29, 0.717) is 0 Å². The number of halogens is 1. The first-order valence-corrected chi connectivity index (χ1v) is 7.31. The summed E-state index contributed by atoms with van der Waals surface area (Å²) in [6.45, 7) is 0. The van der Waals surface area contributed by atoms with Crippen LogP contribution in [0.1, 0.15) is 11.1 Å². The van der Waals surface area contributed by atoms with Gasteiger partial charge in [-0.1, -0.05) is 60.7 Å². The standard InChI is InChI=1S/C16H14BrN3/c1-20-15(13-10-6-3-7-11-13)18-14(19-16(20)17)12-8-4-2-5-9-12/h2-11,16H,1H3. The van der Waals surface area contributed by atoms with Crippen molar-refractivity contribution in [2.24, 2.45) is 9.98 Å². The number of aliphatic imine (C=N–C) groups is 2. The van der Waals surface area contributed by atoms with Crippen LogP contribution in [0.2, 0.25) is 0 Å². The molecule has 0 aliphatic carbocycles. The van der Waals surface area contributed by atoms with E-state index in [4.69, 9.17) is 4.99 Å². The first-order valence-electron chi connectivity index (χ1n) is 6.40. The highest BCUT2D eigenvalue weighted by Crippen LogP contribution is 2.20. The fraction of sp³-hybridized carbons (Fsp3) is 0.125. The third kappa shape index (κ3) is 2.51. The number of amidine groups is 2. The van der Waals surface area contributed by atoms with Gasteiger partial charge in [-0.25, -0.2) is 9.98 Å². The number of hydrogen-bond acceptors (Lipinski definition) is 3. The predicted molar refractivity (Wildman–Crippen MR) is 86.4 cm³/mol. The van der Waals surface area contributed by atoms with E-state index in [-0.39, 0.29) is 5.08 Å². The van der Waals surface area contributed by atoms with E-state index >= 15 is 0 Å². The molecule has 3 nitrogen and oxygen atoms in total. The highest BCUT2D eigenvalue weighted by molar-refractivity contribution is 9.09. The molecular formula is C16H14BrN3. The van der Waals surface area contributed by atoms with E-state index in [1.165, 1.54) is 0 Å². The molecule has 2 aromatic carbocycles. The number of benzene rings is 2. The molecule has 3 rings (SSSR count). The van der Waals surface area contributed by atoms with E-state index in [0.717, 1.165) is 22.8 Å². The molecule has 2 aromatic rings. The summed E-state index contributed by atoms with van der Waals surface area (Å²) in [5, 5.41) is -0.106. The lowest BCUT2D eigenvalue weighted by Crippen LogP contribution is -2.37. The van der Waals surface area contributed by atoms with Gasteiger partial charge < -0.3 is 4.90 Å². The molecule has 0 spiro atoms. The Morgan fingerprint density at radius 1 is 0.900 bits per heavy atom. The number of nitrogens with zero attached hydrogens (tertiary/aromatic N) is 3. The van der Waals surface area contributed by atoms with Crippen molar-refractivity contribution in [1.82, 2.24) is 4.90 Å². The van der Waals surface area contributed by atoms with E-state index in [1.807, 2.05) is 60.5 Å². The summed E-state index contributed by atoms with van der Waals surface area (Å²) >= 11 is 3.59. The maximum atomic E-state index is 4.72. The van der Waals surface area contributed by atoms with E-state index in [9.17, 15) is 0 Å². The molecule has 0 saturated heterocycles. The van der Waals surface area contributed by atoms with E-state index in [2.05, 4.69) is 33.1 Å². The van der Waals surface area contributed by atoms with Crippen molar-refractivity contribution in [2.45, 2.75) is 5.08 Å². The quantitative estimate of drug-likeness (QED) is 0.612. The molecule has 0 amide bonds. The van der Waals surface area contributed by atoms with Gasteiger partial charge in [0.05, 0.1) is 0 Å². The third-order valence-electron chi connectivity index (χ3n) is 3.16. The van der Waals surface area contributed by atoms with Gasteiger partial charge in [0.25, 0.3) is 0 Å². The Bertz CT molecular complexity index is 650. The smallest absolute Gasteiger partial charge is 0.181 e. The zero-order chi connectivity index (χ0) is 13.9. The van der Waals surface area contributed by atoms with Gasteiger partial charge in [0, 0.05) is 18.2 Å². The zero-order valence-electron chi connectivity index (χ0n) is 11.1. The normalized spacial score (nSPS) is 18.5. The minimum atomic E-state index is -0.106. The largest absolute Gasteiger partial charge is 0.328 e. The molecule has 0 saturated carbocycles. The van der Waals surface area contributed by atoms with Crippen LogP contribution >= 0.6 is 15.9 Å². The van der Waals surface area contributed by atoms with Crippen LogP contribution in [-0.4, -0.2) is 28.7 Å². The lowest BCUT2D eigenvalue weighted by atomic mass is 10.1. The third-order valence-corrected chi connectivity index (χ3v) is 3.98. The second-order valence-corrected chi connectivity index (χ2v) is 5.36. The Balaban J connectivity index is 2.05. The molecule has 1 atom stereocenters. The average Bonchev–Trinajstić information content (AvgIpc) is 2.51. The Morgan fingerprint density at radius 2 is 1.45 bits per heavy atom. The van der Waals surface area contributed by atoms with Gasteiger partial charge in [-0.2, -0.15) is 0 Å². The topological polar surface area (TPSA) is 28.0 Å². The molecule has 0 bridgehead atoms. The average molecular weight is 328 g/mol. The van der Waals surface area contributed by atoms with Crippen LogP contribution in [0.5, 0.6) is 0 Å². The Kier molecular flexibility index (Phi) is 3.65. The number of alkyl halides is 1. The fourth-order valence-electron chi connectivity index (χ4n) is 2.08. The lowest BCUT2D eigenvalue weighted by molar-refractivity contribution is 0.487. The van der Waals surface area contributed by atoms with Gasteiger partial charge in [-0.15, -0.1) is 0 Å². The van der Waals surface area contributed by atoms with Crippen LogP contribution in [0.3, 0.4) is 0 Å². The molecule has 0 radical (unpaired) electrons. The van der Waals surface area contributed by atoms with E-state index in [1.54, 1.807) is 0 Å². The van der Waals surface area contributed by atoms with Crippen molar-refractivity contribution in [3.05, 3.63) is 71.8 Å². The molecule has 20 heavy (non-hydrogen) atoms. The van der Waals surface area contributed by atoms with E-state index < -0.39 is 0 Å². The summed E-state index contributed by atoms with van der Waals surface area (Å²) < 4.78 is 0. The summed E-state index contributed by atoms with van der Waals surface area (Å²) in [4.78, 5) is 11.3. The summed E-state index contributed by atoms with van der Waals surface area (Å²) in [6.07, 6.45) is 0. The van der Waals surface area contributed by atoms with Crippen molar-refractivity contribution < 1.29 is 0 Å². The maximum absolute atomic E-state index is 4.72. The first-order chi connectivity index (χ1) is 9.75. The Morgan fingerprint density at radius 3 is 2.05 bits per heavy atom. The summed E-state index contributed by atoms with van der Waals surface area (Å²) in [5.74, 6) is 1.67. The fourth-order valence-corrected chi connectivity index (χ4v) is 2.47. The van der Waals surface area contributed by atoms with Crippen LogP contribution in [0.4, 0.5) is 0 Å². The molecule has 100 valence electrons. The molecule has 0 fully saturated rings. The summed E-state index contributed by atoms with van der Waals surface area (Å²) in [5.41, 5.74) is 2.11. The minimum Gasteiger partial charge on any atom is -0.328 e. The molecular weight excluding hydrogens is 314 g/mol. The molecule has 1 heterocycles. The summed E-state index contributed by atoms with van der Waals surface area (Å²) in [7, 11) is 1.98. The highest BCUT2D eigenvalue weighted by Gasteiger charge is 2.22. The van der Waals surface area contributed by atoms with Gasteiger partial charge in [0.15, 0.2) is 10.9 Å². The van der Waals surface area contributed by atoms with Crippen molar-refractivity contribution in [2.75, 3.05) is 7.05 Å². The SMILES string of the molecule is CN1C(c2ccccc2)=NC(c2ccccc2)=NC1Br. The second kappa shape index (κ2) is 5.59.